The Balaban J connectivity index is 2.96. The molecule has 0 aliphatic heterocycles. The molecule has 1 heterocycles. The number of fused-ring (bicyclic) bond motifs is 1. The summed E-state index contributed by atoms with van der Waals surface area (Å²) in [4.78, 5) is 11.2. The van der Waals surface area contributed by atoms with Gasteiger partial charge >= 0.3 is 5.97 Å². The molecule has 16 heavy (non-hydrogen) atoms. The van der Waals surface area contributed by atoms with E-state index in [1.54, 1.807) is 17.6 Å². The van der Waals surface area contributed by atoms with Gasteiger partial charge in [-0.1, -0.05) is 17.7 Å². The maximum absolute atomic E-state index is 11.2. The van der Waals surface area contributed by atoms with Crippen LogP contribution in [0.2, 0.25) is 5.02 Å². The van der Waals surface area contributed by atoms with Crippen molar-refractivity contribution in [2.45, 2.75) is 20.4 Å². The SMILES string of the molecule is CCn1c(C(=O)O)c(C)c2c(Cl)cccc21. The molecule has 84 valence electrons. The van der Waals surface area contributed by atoms with Crippen LogP contribution in [-0.2, 0) is 6.54 Å². The van der Waals surface area contributed by atoms with Gasteiger partial charge in [0.2, 0.25) is 0 Å². The standard InChI is InChI=1S/C12H12ClNO2/c1-3-14-9-6-4-5-8(13)10(9)7(2)11(14)12(15)16/h4-6H,3H2,1-2H3,(H,15,16). The maximum Gasteiger partial charge on any atom is 0.352 e. The van der Waals surface area contributed by atoms with Crippen LogP contribution >= 0.6 is 11.6 Å². The Morgan fingerprint density at radius 3 is 2.75 bits per heavy atom. The molecule has 0 amide bonds. The minimum Gasteiger partial charge on any atom is -0.477 e. The zero-order valence-electron chi connectivity index (χ0n) is 9.12. The van der Waals surface area contributed by atoms with Gasteiger partial charge in [-0.05, 0) is 31.5 Å². The molecule has 0 bridgehead atoms. The van der Waals surface area contributed by atoms with Crippen LogP contribution in [0.5, 0.6) is 0 Å². The normalized spacial score (nSPS) is 10.9. The number of aryl methyl sites for hydroxylation is 2. The Morgan fingerprint density at radius 2 is 2.19 bits per heavy atom. The van der Waals surface area contributed by atoms with E-state index in [9.17, 15) is 9.90 Å². The minimum absolute atomic E-state index is 0.325. The lowest BCUT2D eigenvalue weighted by molar-refractivity contribution is 0.0685. The van der Waals surface area contributed by atoms with Crippen molar-refractivity contribution in [2.75, 3.05) is 0 Å². The molecule has 0 saturated heterocycles. The monoisotopic (exact) mass is 237 g/mol. The second-order valence-electron chi connectivity index (χ2n) is 3.66. The fourth-order valence-corrected chi connectivity index (χ4v) is 2.47. The molecule has 0 saturated carbocycles. The van der Waals surface area contributed by atoms with Crippen molar-refractivity contribution in [3.05, 3.63) is 34.5 Å². The predicted molar refractivity (Wildman–Crippen MR) is 64.3 cm³/mol. The summed E-state index contributed by atoms with van der Waals surface area (Å²) >= 11 is 6.10. The van der Waals surface area contributed by atoms with Crippen molar-refractivity contribution in [1.29, 1.82) is 0 Å². The third kappa shape index (κ3) is 1.39. The molecular weight excluding hydrogens is 226 g/mol. The summed E-state index contributed by atoms with van der Waals surface area (Å²) in [6.45, 7) is 4.34. The third-order valence-electron chi connectivity index (χ3n) is 2.80. The van der Waals surface area contributed by atoms with Gasteiger partial charge in [-0.15, -0.1) is 0 Å². The summed E-state index contributed by atoms with van der Waals surface area (Å²) in [5, 5.41) is 10.6. The molecule has 2 aromatic rings. The van der Waals surface area contributed by atoms with Gasteiger partial charge in [0.25, 0.3) is 0 Å². The highest BCUT2D eigenvalue weighted by molar-refractivity contribution is 6.36. The Kier molecular flexibility index (Phi) is 2.64. The summed E-state index contributed by atoms with van der Waals surface area (Å²) in [7, 11) is 0. The highest BCUT2D eigenvalue weighted by Crippen LogP contribution is 2.31. The van der Waals surface area contributed by atoms with Crippen molar-refractivity contribution in [2.24, 2.45) is 0 Å². The summed E-state index contributed by atoms with van der Waals surface area (Å²) in [5.41, 5.74) is 1.94. The highest BCUT2D eigenvalue weighted by atomic mass is 35.5. The van der Waals surface area contributed by atoms with E-state index >= 15 is 0 Å². The van der Waals surface area contributed by atoms with Crippen molar-refractivity contribution >= 4 is 28.5 Å². The first-order valence-corrected chi connectivity index (χ1v) is 5.46. The van der Waals surface area contributed by atoms with Gasteiger partial charge < -0.3 is 9.67 Å². The highest BCUT2D eigenvalue weighted by Gasteiger charge is 2.19. The van der Waals surface area contributed by atoms with E-state index in [0.29, 0.717) is 17.3 Å². The number of carboxylic acids is 1. The number of rotatable bonds is 2. The minimum atomic E-state index is -0.911. The van der Waals surface area contributed by atoms with Gasteiger partial charge in [0.15, 0.2) is 0 Å². The summed E-state index contributed by atoms with van der Waals surface area (Å²) in [6, 6.07) is 5.51. The molecule has 1 N–H and O–H groups in total. The van der Waals surface area contributed by atoms with E-state index in [0.717, 1.165) is 16.5 Å². The van der Waals surface area contributed by atoms with Crippen LogP contribution in [-0.4, -0.2) is 15.6 Å². The van der Waals surface area contributed by atoms with Crippen LogP contribution < -0.4 is 0 Å². The van der Waals surface area contributed by atoms with Crippen LogP contribution in [0.15, 0.2) is 18.2 Å². The number of aromatic nitrogens is 1. The topological polar surface area (TPSA) is 42.2 Å². The van der Waals surface area contributed by atoms with Gasteiger partial charge in [-0.2, -0.15) is 0 Å². The first kappa shape index (κ1) is 11.0. The number of nitrogens with zero attached hydrogens (tertiary/aromatic N) is 1. The third-order valence-corrected chi connectivity index (χ3v) is 3.12. The quantitative estimate of drug-likeness (QED) is 0.871. The summed E-state index contributed by atoms with van der Waals surface area (Å²) < 4.78 is 1.78. The van der Waals surface area contributed by atoms with Crippen molar-refractivity contribution < 1.29 is 9.90 Å². The number of hydrogen-bond acceptors (Lipinski definition) is 1. The maximum atomic E-state index is 11.2. The molecule has 0 spiro atoms. The molecule has 4 heteroatoms. The average Bonchev–Trinajstić information content (AvgIpc) is 2.52. The largest absolute Gasteiger partial charge is 0.477 e. The lowest BCUT2D eigenvalue weighted by Crippen LogP contribution is -2.08. The first-order valence-electron chi connectivity index (χ1n) is 5.08. The molecule has 0 unspecified atom stereocenters. The van der Waals surface area contributed by atoms with Gasteiger partial charge in [0.05, 0.1) is 10.5 Å². The number of aromatic carboxylic acids is 1. The zero-order valence-corrected chi connectivity index (χ0v) is 9.88. The molecule has 2 rings (SSSR count). The van der Waals surface area contributed by atoms with Gasteiger partial charge in [0, 0.05) is 11.9 Å². The smallest absolute Gasteiger partial charge is 0.352 e. The molecule has 0 aliphatic rings. The van der Waals surface area contributed by atoms with Crippen LogP contribution in [0.3, 0.4) is 0 Å². The molecule has 0 radical (unpaired) electrons. The van der Waals surface area contributed by atoms with Crippen LogP contribution in [0.4, 0.5) is 0 Å². The lowest BCUT2D eigenvalue weighted by Gasteiger charge is -2.03. The van der Waals surface area contributed by atoms with Gasteiger partial charge in [-0.25, -0.2) is 4.79 Å². The number of carboxylic acid groups (broad SMARTS) is 1. The van der Waals surface area contributed by atoms with E-state index in [1.807, 2.05) is 19.1 Å². The zero-order chi connectivity index (χ0) is 11.9. The number of hydrogen-bond donors (Lipinski definition) is 1. The van der Waals surface area contributed by atoms with E-state index in [2.05, 4.69) is 0 Å². The van der Waals surface area contributed by atoms with E-state index in [1.165, 1.54) is 0 Å². The van der Waals surface area contributed by atoms with Crippen LogP contribution in [0.1, 0.15) is 23.0 Å². The molecule has 0 atom stereocenters. The molecule has 0 fully saturated rings. The molecule has 3 nitrogen and oxygen atoms in total. The molecule has 1 aromatic carbocycles. The summed E-state index contributed by atoms with van der Waals surface area (Å²) in [5.74, 6) is -0.911. The number of carbonyl (C=O) groups is 1. The number of halogens is 1. The predicted octanol–water partition coefficient (Wildman–Crippen LogP) is 3.32. The van der Waals surface area contributed by atoms with E-state index in [4.69, 9.17) is 11.6 Å². The van der Waals surface area contributed by atoms with E-state index < -0.39 is 5.97 Å². The van der Waals surface area contributed by atoms with Crippen molar-refractivity contribution in [1.82, 2.24) is 4.57 Å². The lowest BCUT2D eigenvalue weighted by atomic mass is 10.1. The second kappa shape index (κ2) is 3.83. The number of benzene rings is 1. The van der Waals surface area contributed by atoms with Crippen molar-refractivity contribution in [3.63, 3.8) is 0 Å². The van der Waals surface area contributed by atoms with Crippen LogP contribution in [0, 0.1) is 6.92 Å². The van der Waals surface area contributed by atoms with Gasteiger partial charge in [-0.3, -0.25) is 0 Å². The molecule has 0 aliphatic carbocycles. The Labute approximate surface area is 98.3 Å². The van der Waals surface area contributed by atoms with E-state index in [-0.39, 0.29) is 0 Å². The fraction of sp³-hybridized carbons (Fsp3) is 0.250. The Bertz CT molecular complexity index is 572. The van der Waals surface area contributed by atoms with Gasteiger partial charge in [0.1, 0.15) is 5.69 Å². The molecule has 1 aromatic heterocycles. The first-order chi connectivity index (χ1) is 7.57. The average molecular weight is 238 g/mol. The van der Waals surface area contributed by atoms with Crippen molar-refractivity contribution in [3.8, 4) is 0 Å². The fourth-order valence-electron chi connectivity index (χ4n) is 2.15. The second-order valence-corrected chi connectivity index (χ2v) is 4.06. The molecular formula is C12H12ClNO2. The summed E-state index contributed by atoms with van der Waals surface area (Å²) in [6.07, 6.45) is 0. The Hall–Kier alpha value is -1.48. The van der Waals surface area contributed by atoms with Crippen LogP contribution in [0.25, 0.3) is 10.9 Å². The Morgan fingerprint density at radius 1 is 1.50 bits per heavy atom.